The Hall–Kier alpha value is -2.37. The number of halogens is 2. The van der Waals surface area contributed by atoms with Crippen molar-refractivity contribution in [3.05, 3.63) is 72.3 Å². The summed E-state index contributed by atoms with van der Waals surface area (Å²) in [7, 11) is 0. The summed E-state index contributed by atoms with van der Waals surface area (Å²) in [5.41, 5.74) is 7.68. The molecular weight excluding hydrogens is 329 g/mol. The van der Waals surface area contributed by atoms with Crippen molar-refractivity contribution in [3.63, 3.8) is 0 Å². The Morgan fingerprint density at radius 1 is 1.08 bits per heavy atom. The molecule has 0 aliphatic carbocycles. The monoisotopic (exact) mass is 347 g/mol. The van der Waals surface area contributed by atoms with Crippen molar-refractivity contribution < 1.29 is 9.13 Å². The van der Waals surface area contributed by atoms with Gasteiger partial charge in [0.2, 0.25) is 0 Å². The molecule has 3 aromatic rings. The molecule has 0 radical (unpaired) electrons. The summed E-state index contributed by atoms with van der Waals surface area (Å²) >= 11 is 0. The topological polar surface area (TPSA) is 53.1 Å². The average Bonchev–Trinajstić information content (AvgIpc) is 3.04. The zero-order valence-electron chi connectivity index (χ0n) is 13.1. The number of nitrogens with zero attached hydrogens (tertiary/aromatic N) is 2. The zero-order valence-corrected chi connectivity index (χ0v) is 13.9. The average molecular weight is 348 g/mol. The van der Waals surface area contributed by atoms with Crippen molar-refractivity contribution in [2.45, 2.75) is 13.2 Å². The van der Waals surface area contributed by atoms with Gasteiger partial charge in [-0.1, -0.05) is 42.5 Å². The second-order valence-electron chi connectivity index (χ2n) is 5.17. The van der Waals surface area contributed by atoms with Crippen LogP contribution in [-0.4, -0.2) is 16.3 Å². The lowest BCUT2D eigenvalue weighted by Gasteiger charge is -2.09. The number of rotatable bonds is 6. The van der Waals surface area contributed by atoms with E-state index in [4.69, 9.17) is 10.5 Å². The second-order valence-corrected chi connectivity index (χ2v) is 5.17. The van der Waals surface area contributed by atoms with E-state index in [1.165, 1.54) is 0 Å². The largest absolute Gasteiger partial charge is 0.486 e. The van der Waals surface area contributed by atoms with E-state index >= 15 is 0 Å². The molecule has 126 valence electrons. The minimum atomic E-state index is -0.379. The Labute approximate surface area is 146 Å². The lowest BCUT2D eigenvalue weighted by atomic mass is 10.1. The molecule has 0 unspecified atom stereocenters. The molecule has 1 heterocycles. The normalized spacial score (nSPS) is 10.2. The van der Waals surface area contributed by atoms with Crippen LogP contribution in [0.3, 0.4) is 0 Å². The predicted octanol–water partition coefficient (Wildman–Crippen LogP) is 3.65. The van der Waals surface area contributed by atoms with Crippen molar-refractivity contribution in [2.24, 2.45) is 5.73 Å². The Kier molecular flexibility index (Phi) is 6.35. The number of aromatic nitrogens is 2. The van der Waals surface area contributed by atoms with Gasteiger partial charge in [0.25, 0.3) is 0 Å². The van der Waals surface area contributed by atoms with Gasteiger partial charge in [0.05, 0.1) is 12.7 Å². The molecule has 0 atom stereocenters. The third kappa shape index (κ3) is 4.13. The maximum absolute atomic E-state index is 14.7. The van der Waals surface area contributed by atoms with Crippen LogP contribution in [0.2, 0.25) is 0 Å². The van der Waals surface area contributed by atoms with Crippen LogP contribution in [0, 0.1) is 5.82 Å². The van der Waals surface area contributed by atoms with Gasteiger partial charge in [0.1, 0.15) is 6.61 Å². The van der Waals surface area contributed by atoms with Crippen LogP contribution in [0.25, 0.3) is 11.1 Å². The highest BCUT2D eigenvalue weighted by molar-refractivity contribution is 5.85. The second kappa shape index (κ2) is 8.47. The summed E-state index contributed by atoms with van der Waals surface area (Å²) in [5.74, 6) is -0.145. The van der Waals surface area contributed by atoms with E-state index < -0.39 is 0 Å². The fraction of sp³-hybridized carbons (Fsp3) is 0.167. The SMILES string of the molecule is Cl.NCCn1cc(-c2cccc(OCc3ccccc3)c2F)cn1. The Morgan fingerprint density at radius 3 is 2.62 bits per heavy atom. The molecule has 3 rings (SSSR count). The Morgan fingerprint density at radius 2 is 1.88 bits per heavy atom. The van der Waals surface area contributed by atoms with Gasteiger partial charge in [-0.15, -0.1) is 12.4 Å². The highest BCUT2D eigenvalue weighted by atomic mass is 35.5. The van der Waals surface area contributed by atoms with Gasteiger partial charge >= 0.3 is 0 Å². The van der Waals surface area contributed by atoms with E-state index in [1.807, 2.05) is 30.3 Å². The molecule has 6 heteroatoms. The van der Waals surface area contributed by atoms with Crippen molar-refractivity contribution in [2.75, 3.05) is 6.54 Å². The maximum atomic E-state index is 14.7. The first-order chi connectivity index (χ1) is 11.3. The molecule has 0 aliphatic rings. The van der Waals surface area contributed by atoms with Gasteiger partial charge in [0.15, 0.2) is 11.6 Å². The van der Waals surface area contributed by atoms with Crippen LogP contribution in [0.4, 0.5) is 4.39 Å². The molecule has 2 N–H and O–H groups in total. The Bertz CT molecular complexity index is 777. The van der Waals surface area contributed by atoms with Gasteiger partial charge in [-0.05, 0) is 11.6 Å². The van der Waals surface area contributed by atoms with Crippen LogP contribution in [0.15, 0.2) is 60.9 Å². The van der Waals surface area contributed by atoms with Crippen LogP contribution >= 0.6 is 12.4 Å². The molecule has 24 heavy (non-hydrogen) atoms. The van der Waals surface area contributed by atoms with Gasteiger partial charge in [-0.3, -0.25) is 4.68 Å². The highest BCUT2D eigenvalue weighted by Crippen LogP contribution is 2.29. The molecule has 0 saturated carbocycles. The third-order valence-corrected chi connectivity index (χ3v) is 3.50. The fourth-order valence-electron chi connectivity index (χ4n) is 2.34. The first kappa shape index (κ1) is 18.0. The standard InChI is InChI=1S/C18H18FN3O.ClH/c19-18-16(15-11-21-22(12-15)10-9-20)7-4-8-17(18)23-13-14-5-2-1-3-6-14;/h1-8,11-12H,9-10,13,20H2;1H. The minimum absolute atomic E-state index is 0. The quantitative estimate of drug-likeness (QED) is 0.740. The van der Waals surface area contributed by atoms with Crippen LogP contribution in [0.1, 0.15) is 5.56 Å². The fourth-order valence-corrected chi connectivity index (χ4v) is 2.34. The van der Waals surface area contributed by atoms with Gasteiger partial charge < -0.3 is 10.5 Å². The number of benzene rings is 2. The van der Waals surface area contributed by atoms with Crippen molar-refractivity contribution >= 4 is 12.4 Å². The molecule has 2 aromatic carbocycles. The van der Waals surface area contributed by atoms with E-state index in [0.29, 0.717) is 30.8 Å². The maximum Gasteiger partial charge on any atom is 0.172 e. The molecule has 0 aliphatic heterocycles. The van der Waals surface area contributed by atoms with Crippen molar-refractivity contribution in [1.29, 1.82) is 0 Å². The summed E-state index contributed by atoms with van der Waals surface area (Å²) in [6, 6.07) is 14.8. The smallest absolute Gasteiger partial charge is 0.172 e. The summed E-state index contributed by atoms with van der Waals surface area (Å²) in [4.78, 5) is 0. The van der Waals surface area contributed by atoms with E-state index in [9.17, 15) is 4.39 Å². The molecule has 0 amide bonds. The molecule has 0 fully saturated rings. The third-order valence-electron chi connectivity index (χ3n) is 3.50. The van der Waals surface area contributed by atoms with Crippen LogP contribution < -0.4 is 10.5 Å². The summed E-state index contributed by atoms with van der Waals surface area (Å²) < 4.78 is 22.0. The molecule has 0 saturated heterocycles. The van der Waals surface area contributed by atoms with Gasteiger partial charge in [0, 0.05) is 23.9 Å². The number of hydrogen-bond donors (Lipinski definition) is 1. The zero-order chi connectivity index (χ0) is 16.1. The Balaban J connectivity index is 0.00000208. The molecule has 0 bridgehead atoms. The molecule has 0 spiro atoms. The highest BCUT2D eigenvalue weighted by Gasteiger charge is 2.12. The molecule has 4 nitrogen and oxygen atoms in total. The first-order valence-electron chi connectivity index (χ1n) is 7.46. The van der Waals surface area contributed by atoms with Crippen molar-refractivity contribution in [1.82, 2.24) is 9.78 Å². The predicted molar refractivity (Wildman–Crippen MR) is 94.7 cm³/mol. The summed E-state index contributed by atoms with van der Waals surface area (Å²) in [6.07, 6.45) is 3.42. The molecular formula is C18H19ClFN3O. The van der Waals surface area contributed by atoms with E-state index in [1.54, 1.807) is 35.3 Å². The van der Waals surface area contributed by atoms with E-state index in [2.05, 4.69) is 5.10 Å². The number of hydrogen-bond acceptors (Lipinski definition) is 3. The van der Waals surface area contributed by atoms with E-state index in [0.717, 1.165) is 5.56 Å². The summed E-state index contributed by atoms with van der Waals surface area (Å²) in [6.45, 7) is 1.42. The van der Waals surface area contributed by atoms with Crippen LogP contribution in [-0.2, 0) is 13.2 Å². The first-order valence-corrected chi connectivity index (χ1v) is 7.46. The van der Waals surface area contributed by atoms with Gasteiger partial charge in [-0.25, -0.2) is 4.39 Å². The van der Waals surface area contributed by atoms with Gasteiger partial charge in [-0.2, -0.15) is 5.10 Å². The molecule has 1 aromatic heterocycles. The number of ether oxygens (including phenoxy) is 1. The lowest BCUT2D eigenvalue weighted by molar-refractivity contribution is 0.291. The minimum Gasteiger partial charge on any atom is -0.486 e. The summed E-state index contributed by atoms with van der Waals surface area (Å²) in [5, 5.41) is 4.18. The van der Waals surface area contributed by atoms with Crippen LogP contribution in [0.5, 0.6) is 5.75 Å². The number of nitrogens with two attached hydrogens (primary N) is 1. The lowest BCUT2D eigenvalue weighted by Crippen LogP contribution is -2.09. The van der Waals surface area contributed by atoms with Crippen molar-refractivity contribution in [3.8, 4) is 16.9 Å². The van der Waals surface area contributed by atoms with E-state index in [-0.39, 0.29) is 24.0 Å².